The second-order valence-corrected chi connectivity index (χ2v) is 7.88. The summed E-state index contributed by atoms with van der Waals surface area (Å²) in [5.41, 5.74) is 0. The highest BCUT2D eigenvalue weighted by Crippen LogP contribution is 2.29. The first kappa shape index (κ1) is 16.4. The standard InChI is InChI=1S/C17H25N3O2S/c1-13-10-18-17(23-13)14-6-5-9-19(11-14)16(22)12-20-8-4-2-3-7-15(20)21/h10,14H,2-9,11-12H2,1H3/t14-/m0/s1. The first-order valence-electron chi connectivity index (χ1n) is 8.61. The van der Waals surface area contributed by atoms with E-state index in [4.69, 9.17) is 0 Å². The fraction of sp³-hybridized carbons (Fsp3) is 0.706. The third kappa shape index (κ3) is 4.10. The molecule has 2 saturated heterocycles. The average Bonchev–Trinajstić information content (AvgIpc) is 2.89. The SMILES string of the molecule is Cc1cnc([C@H]2CCCN(C(=O)CN3CCCCCC3=O)C2)s1. The van der Waals surface area contributed by atoms with Gasteiger partial charge in [0, 0.05) is 43.0 Å². The van der Waals surface area contributed by atoms with Crippen molar-refractivity contribution in [3.63, 3.8) is 0 Å². The van der Waals surface area contributed by atoms with Gasteiger partial charge in [0.25, 0.3) is 0 Å². The zero-order chi connectivity index (χ0) is 16.2. The van der Waals surface area contributed by atoms with E-state index in [2.05, 4.69) is 11.9 Å². The average molecular weight is 335 g/mol. The number of carbonyl (C=O) groups excluding carboxylic acids is 2. The molecule has 0 spiro atoms. The molecule has 6 heteroatoms. The van der Waals surface area contributed by atoms with Gasteiger partial charge in [-0.25, -0.2) is 4.98 Å². The Balaban J connectivity index is 1.59. The van der Waals surface area contributed by atoms with Crippen LogP contribution >= 0.6 is 11.3 Å². The summed E-state index contributed by atoms with van der Waals surface area (Å²) in [6.45, 7) is 4.60. The summed E-state index contributed by atoms with van der Waals surface area (Å²) in [6, 6.07) is 0. The van der Waals surface area contributed by atoms with Crippen molar-refractivity contribution in [3.05, 3.63) is 16.1 Å². The van der Waals surface area contributed by atoms with Crippen molar-refractivity contribution in [2.24, 2.45) is 0 Å². The van der Waals surface area contributed by atoms with E-state index >= 15 is 0 Å². The molecule has 5 nitrogen and oxygen atoms in total. The lowest BCUT2D eigenvalue weighted by atomic mass is 9.98. The Morgan fingerprint density at radius 3 is 2.96 bits per heavy atom. The van der Waals surface area contributed by atoms with E-state index < -0.39 is 0 Å². The maximum absolute atomic E-state index is 12.6. The van der Waals surface area contributed by atoms with E-state index in [1.807, 2.05) is 11.1 Å². The van der Waals surface area contributed by atoms with Gasteiger partial charge in [-0.15, -0.1) is 11.3 Å². The maximum Gasteiger partial charge on any atom is 0.242 e. The summed E-state index contributed by atoms with van der Waals surface area (Å²) in [7, 11) is 0. The molecule has 0 N–H and O–H groups in total. The van der Waals surface area contributed by atoms with E-state index in [0.717, 1.165) is 56.7 Å². The van der Waals surface area contributed by atoms with Crippen molar-refractivity contribution < 1.29 is 9.59 Å². The monoisotopic (exact) mass is 335 g/mol. The van der Waals surface area contributed by atoms with Crippen LogP contribution in [0.3, 0.4) is 0 Å². The number of amides is 2. The molecule has 23 heavy (non-hydrogen) atoms. The Kier molecular flexibility index (Phi) is 5.30. The van der Waals surface area contributed by atoms with Crippen LogP contribution in [-0.4, -0.2) is 52.8 Å². The van der Waals surface area contributed by atoms with Gasteiger partial charge in [-0.05, 0) is 32.6 Å². The second kappa shape index (κ2) is 7.43. The van der Waals surface area contributed by atoms with Crippen LogP contribution in [0.25, 0.3) is 0 Å². The quantitative estimate of drug-likeness (QED) is 0.853. The van der Waals surface area contributed by atoms with Crippen molar-refractivity contribution in [1.29, 1.82) is 0 Å². The number of nitrogens with zero attached hydrogens (tertiary/aromatic N) is 3. The number of thiazole rings is 1. The summed E-state index contributed by atoms with van der Waals surface area (Å²) in [6.07, 6.45) is 7.68. The molecule has 2 aliphatic rings. The molecule has 0 aromatic carbocycles. The topological polar surface area (TPSA) is 53.5 Å². The molecule has 1 aromatic rings. The van der Waals surface area contributed by atoms with Crippen molar-refractivity contribution in [2.75, 3.05) is 26.2 Å². The summed E-state index contributed by atoms with van der Waals surface area (Å²) in [5.74, 6) is 0.587. The van der Waals surface area contributed by atoms with Gasteiger partial charge in [-0.1, -0.05) is 6.42 Å². The highest BCUT2D eigenvalue weighted by Gasteiger charge is 2.28. The molecule has 0 saturated carbocycles. The number of hydrogen-bond acceptors (Lipinski definition) is 4. The Labute approximate surface area is 141 Å². The minimum Gasteiger partial charge on any atom is -0.340 e. The van der Waals surface area contributed by atoms with E-state index in [1.54, 1.807) is 16.2 Å². The Bertz CT molecular complexity index is 572. The number of piperidine rings is 1. The molecular weight excluding hydrogens is 310 g/mol. The van der Waals surface area contributed by atoms with Gasteiger partial charge in [0.15, 0.2) is 0 Å². The second-order valence-electron chi connectivity index (χ2n) is 6.61. The molecule has 1 aromatic heterocycles. The lowest BCUT2D eigenvalue weighted by molar-refractivity contribution is -0.140. The Morgan fingerprint density at radius 1 is 1.30 bits per heavy atom. The van der Waals surface area contributed by atoms with Gasteiger partial charge in [-0.3, -0.25) is 9.59 Å². The van der Waals surface area contributed by atoms with Gasteiger partial charge >= 0.3 is 0 Å². The predicted octanol–water partition coefficient (Wildman–Crippen LogP) is 2.56. The van der Waals surface area contributed by atoms with Crippen molar-refractivity contribution in [3.8, 4) is 0 Å². The minimum atomic E-state index is 0.0956. The molecule has 2 amide bonds. The molecule has 3 rings (SSSR count). The van der Waals surface area contributed by atoms with E-state index in [9.17, 15) is 9.59 Å². The summed E-state index contributed by atoms with van der Waals surface area (Å²) in [4.78, 5) is 34.1. The minimum absolute atomic E-state index is 0.0956. The number of likely N-dealkylation sites (tertiary alicyclic amines) is 2. The highest BCUT2D eigenvalue weighted by molar-refractivity contribution is 7.11. The summed E-state index contributed by atoms with van der Waals surface area (Å²) < 4.78 is 0. The molecule has 0 radical (unpaired) electrons. The van der Waals surface area contributed by atoms with Crippen molar-refractivity contribution >= 4 is 23.2 Å². The lowest BCUT2D eigenvalue weighted by Crippen LogP contribution is -2.46. The first-order chi connectivity index (χ1) is 11.1. The summed E-state index contributed by atoms with van der Waals surface area (Å²) >= 11 is 1.73. The van der Waals surface area contributed by atoms with Crippen LogP contribution in [0, 0.1) is 6.92 Å². The van der Waals surface area contributed by atoms with Crippen LogP contribution in [0.15, 0.2) is 6.20 Å². The number of aryl methyl sites for hydroxylation is 1. The third-order valence-electron chi connectivity index (χ3n) is 4.76. The fourth-order valence-electron chi connectivity index (χ4n) is 3.44. The first-order valence-corrected chi connectivity index (χ1v) is 9.43. The summed E-state index contributed by atoms with van der Waals surface area (Å²) in [5, 5.41) is 1.14. The predicted molar refractivity (Wildman–Crippen MR) is 90.5 cm³/mol. The van der Waals surface area contributed by atoms with Gasteiger partial charge in [0.05, 0.1) is 11.6 Å². The molecule has 2 aliphatic heterocycles. The molecule has 3 heterocycles. The normalized spacial score (nSPS) is 23.0. The fourth-order valence-corrected chi connectivity index (χ4v) is 4.33. The van der Waals surface area contributed by atoms with Crippen LogP contribution in [0.1, 0.15) is 54.3 Å². The van der Waals surface area contributed by atoms with Gasteiger partial charge in [0.2, 0.25) is 11.8 Å². The van der Waals surface area contributed by atoms with E-state index in [1.165, 1.54) is 4.88 Å². The van der Waals surface area contributed by atoms with Crippen LogP contribution in [0.5, 0.6) is 0 Å². The molecule has 126 valence electrons. The molecule has 0 unspecified atom stereocenters. The number of aromatic nitrogens is 1. The van der Waals surface area contributed by atoms with E-state index in [-0.39, 0.29) is 18.4 Å². The zero-order valence-electron chi connectivity index (χ0n) is 13.8. The van der Waals surface area contributed by atoms with Crippen LogP contribution in [0.4, 0.5) is 0 Å². The maximum atomic E-state index is 12.6. The van der Waals surface area contributed by atoms with Gasteiger partial charge < -0.3 is 9.80 Å². The lowest BCUT2D eigenvalue weighted by Gasteiger charge is -2.33. The Hall–Kier alpha value is -1.43. The van der Waals surface area contributed by atoms with Crippen LogP contribution in [0.2, 0.25) is 0 Å². The van der Waals surface area contributed by atoms with Gasteiger partial charge in [0.1, 0.15) is 0 Å². The Morgan fingerprint density at radius 2 is 2.17 bits per heavy atom. The number of rotatable bonds is 3. The smallest absolute Gasteiger partial charge is 0.242 e. The molecule has 0 bridgehead atoms. The molecule has 0 aliphatic carbocycles. The van der Waals surface area contributed by atoms with Crippen LogP contribution in [-0.2, 0) is 9.59 Å². The highest BCUT2D eigenvalue weighted by atomic mass is 32.1. The van der Waals surface area contributed by atoms with Crippen LogP contribution < -0.4 is 0 Å². The molecular formula is C17H25N3O2S. The third-order valence-corrected chi connectivity index (χ3v) is 5.84. The zero-order valence-corrected chi connectivity index (χ0v) is 14.6. The largest absolute Gasteiger partial charge is 0.340 e. The number of carbonyl (C=O) groups is 2. The molecule has 1 atom stereocenters. The number of hydrogen-bond donors (Lipinski definition) is 0. The van der Waals surface area contributed by atoms with E-state index in [0.29, 0.717) is 12.3 Å². The van der Waals surface area contributed by atoms with Crippen molar-refractivity contribution in [1.82, 2.24) is 14.8 Å². The van der Waals surface area contributed by atoms with Crippen molar-refractivity contribution in [2.45, 2.75) is 51.4 Å². The van der Waals surface area contributed by atoms with Gasteiger partial charge in [-0.2, -0.15) is 0 Å². The molecule has 2 fully saturated rings.